The molecule has 7 nitrogen and oxygen atoms in total. The SMILES string of the molecule is O=[C]CNC(=O)N(C(=O)N1CCOCC1)c1ccccc1. The molecule has 0 aromatic heterocycles. The van der Waals surface area contributed by atoms with E-state index in [0.29, 0.717) is 32.0 Å². The van der Waals surface area contributed by atoms with Gasteiger partial charge in [0.1, 0.15) is 0 Å². The van der Waals surface area contributed by atoms with Gasteiger partial charge in [0, 0.05) is 13.1 Å². The normalized spacial score (nSPS) is 14.4. The van der Waals surface area contributed by atoms with Crippen molar-refractivity contribution in [1.29, 1.82) is 0 Å². The molecule has 111 valence electrons. The average molecular weight is 290 g/mol. The third-order valence-electron chi connectivity index (χ3n) is 3.00. The molecule has 1 radical (unpaired) electrons. The fourth-order valence-corrected chi connectivity index (χ4v) is 1.98. The summed E-state index contributed by atoms with van der Waals surface area (Å²) in [6.07, 6.45) is 1.57. The number of carbonyl (C=O) groups excluding carboxylic acids is 3. The topological polar surface area (TPSA) is 79.0 Å². The molecule has 2 rings (SSSR count). The van der Waals surface area contributed by atoms with Crippen LogP contribution >= 0.6 is 0 Å². The average Bonchev–Trinajstić information content (AvgIpc) is 2.55. The molecule has 4 amide bonds. The summed E-state index contributed by atoms with van der Waals surface area (Å²) in [5, 5.41) is 2.34. The van der Waals surface area contributed by atoms with Crippen LogP contribution in [-0.2, 0) is 9.53 Å². The monoisotopic (exact) mass is 290 g/mol. The number of urea groups is 2. The molecule has 1 saturated heterocycles. The highest BCUT2D eigenvalue weighted by atomic mass is 16.5. The van der Waals surface area contributed by atoms with Gasteiger partial charge < -0.3 is 15.0 Å². The van der Waals surface area contributed by atoms with Crippen LogP contribution in [0.4, 0.5) is 15.3 Å². The summed E-state index contributed by atoms with van der Waals surface area (Å²) >= 11 is 0. The highest BCUT2D eigenvalue weighted by molar-refractivity contribution is 6.13. The van der Waals surface area contributed by atoms with Crippen molar-refractivity contribution in [2.45, 2.75) is 0 Å². The van der Waals surface area contributed by atoms with Crippen LogP contribution in [0.1, 0.15) is 0 Å². The first-order chi connectivity index (χ1) is 10.2. The van der Waals surface area contributed by atoms with Crippen LogP contribution in [0.15, 0.2) is 30.3 Å². The smallest absolute Gasteiger partial charge is 0.332 e. The van der Waals surface area contributed by atoms with Gasteiger partial charge in [-0.1, -0.05) is 18.2 Å². The number of ether oxygens (including phenoxy) is 1. The van der Waals surface area contributed by atoms with Gasteiger partial charge in [0.25, 0.3) is 0 Å². The first-order valence-corrected chi connectivity index (χ1v) is 6.58. The van der Waals surface area contributed by atoms with Crippen molar-refractivity contribution in [2.75, 3.05) is 37.7 Å². The predicted octanol–water partition coefficient (Wildman–Crippen LogP) is 0.764. The molecule has 0 aliphatic carbocycles. The van der Waals surface area contributed by atoms with Crippen molar-refractivity contribution in [2.24, 2.45) is 0 Å². The number of anilines is 1. The van der Waals surface area contributed by atoms with Crippen molar-refractivity contribution < 1.29 is 19.1 Å². The highest BCUT2D eigenvalue weighted by Crippen LogP contribution is 2.16. The van der Waals surface area contributed by atoms with Crippen molar-refractivity contribution >= 4 is 24.0 Å². The highest BCUT2D eigenvalue weighted by Gasteiger charge is 2.28. The van der Waals surface area contributed by atoms with Crippen molar-refractivity contribution in [3.05, 3.63) is 30.3 Å². The van der Waals surface area contributed by atoms with E-state index in [1.54, 1.807) is 41.5 Å². The van der Waals surface area contributed by atoms with Crippen LogP contribution < -0.4 is 10.2 Å². The van der Waals surface area contributed by atoms with Crippen LogP contribution in [0.3, 0.4) is 0 Å². The number of imide groups is 1. The lowest BCUT2D eigenvalue weighted by molar-refractivity contribution is 0.0552. The zero-order valence-electron chi connectivity index (χ0n) is 11.4. The number of nitrogens with zero attached hydrogens (tertiary/aromatic N) is 2. The second-order valence-corrected chi connectivity index (χ2v) is 4.36. The Morgan fingerprint density at radius 2 is 1.90 bits per heavy atom. The van der Waals surface area contributed by atoms with E-state index < -0.39 is 12.1 Å². The second kappa shape index (κ2) is 7.39. The molecule has 0 atom stereocenters. The maximum Gasteiger partial charge on any atom is 0.332 e. The van der Waals surface area contributed by atoms with Gasteiger partial charge in [-0.2, -0.15) is 0 Å². The molecule has 1 aromatic carbocycles. The molecule has 1 aliphatic rings. The first-order valence-electron chi connectivity index (χ1n) is 6.58. The van der Waals surface area contributed by atoms with Gasteiger partial charge in [0.2, 0.25) is 6.29 Å². The van der Waals surface area contributed by atoms with Gasteiger partial charge in [0.05, 0.1) is 25.4 Å². The Labute approximate surface area is 122 Å². The van der Waals surface area contributed by atoms with Gasteiger partial charge >= 0.3 is 12.1 Å². The minimum absolute atomic E-state index is 0.265. The number of rotatable bonds is 3. The van der Waals surface area contributed by atoms with Gasteiger partial charge in [0.15, 0.2) is 0 Å². The van der Waals surface area contributed by atoms with Crippen LogP contribution in [0.5, 0.6) is 0 Å². The van der Waals surface area contributed by atoms with Crippen molar-refractivity contribution in [3.8, 4) is 0 Å². The van der Waals surface area contributed by atoms with E-state index in [2.05, 4.69) is 5.32 Å². The van der Waals surface area contributed by atoms with Crippen LogP contribution in [0.2, 0.25) is 0 Å². The van der Waals surface area contributed by atoms with Gasteiger partial charge in [-0.15, -0.1) is 0 Å². The van der Waals surface area contributed by atoms with Crippen LogP contribution in [-0.4, -0.2) is 56.1 Å². The fourth-order valence-electron chi connectivity index (χ4n) is 1.98. The lowest BCUT2D eigenvalue weighted by Gasteiger charge is -2.31. The Morgan fingerprint density at radius 3 is 2.52 bits per heavy atom. The number of carbonyl (C=O) groups is 2. The quantitative estimate of drug-likeness (QED) is 0.891. The minimum atomic E-state index is -0.652. The van der Waals surface area contributed by atoms with Crippen molar-refractivity contribution in [1.82, 2.24) is 10.2 Å². The molecule has 0 bridgehead atoms. The van der Waals surface area contributed by atoms with E-state index in [1.807, 2.05) is 0 Å². The molecule has 1 aliphatic heterocycles. The largest absolute Gasteiger partial charge is 0.378 e. The Kier molecular flexibility index (Phi) is 5.28. The maximum atomic E-state index is 12.5. The number of hydrogen-bond acceptors (Lipinski definition) is 4. The summed E-state index contributed by atoms with van der Waals surface area (Å²) in [5.74, 6) is 0. The van der Waals surface area contributed by atoms with E-state index >= 15 is 0 Å². The number of benzene rings is 1. The van der Waals surface area contributed by atoms with E-state index in [9.17, 15) is 14.4 Å². The van der Waals surface area contributed by atoms with Gasteiger partial charge in [-0.05, 0) is 12.1 Å². The first kappa shape index (κ1) is 15.0. The summed E-state index contributed by atoms with van der Waals surface area (Å²) in [6.45, 7) is 1.47. The zero-order valence-corrected chi connectivity index (χ0v) is 11.4. The molecule has 7 heteroatoms. The predicted molar refractivity (Wildman–Crippen MR) is 75.8 cm³/mol. The van der Waals surface area contributed by atoms with Gasteiger partial charge in [-0.25, -0.2) is 14.5 Å². The lowest BCUT2D eigenvalue weighted by Crippen LogP contribution is -2.53. The second-order valence-electron chi connectivity index (χ2n) is 4.36. The number of morpholine rings is 1. The van der Waals surface area contributed by atoms with Gasteiger partial charge in [-0.3, -0.25) is 4.79 Å². The number of nitrogens with one attached hydrogen (secondary N) is 1. The standard InChI is InChI=1S/C14H16N3O4/c18-9-6-15-13(19)17(12-4-2-1-3-5-12)14(20)16-7-10-21-11-8-16/h1-5H,6-8,10-11H2,(H,15,19). The van der Waals surface area contributed by atoms with Crippen LogP contribution in [0.25, 0.3) is 0 Å². The molecule has 1 fully saturated rings. The molecular weight excluding hydrogens is 274 g/mol. The van der Waals surface area contributed by atoms with Crippen LogP contribution in [0, 0.1) is 0 Å². The van der Waals surface area contributed by atoms with E-state index in [1.165, 1.54) is 0 Å². The van der Waals surface area contributed by atoms with E-state index in [4.69, 9.17) is 4.74 Å². The number of para-hydroxylation sites is 1. The molecule has 1 N–H and O–H groups in total. The third-order valence-corrected chi connectivity index (χ3v) is 3.00. The van der Waals surface area contributed by atoms with E-state index in [0.717, 1.165) is 4.90 Å². The minimum Gasteiger partial charge on any atom is -0.378 e. The Morgan fingerprint density at radius 1 is 1.24 bits per heavy atom. The molecule has 1 aromatic rings. The summed E-state index contributed by atoms with van der Waals surface area (Å²) in [6, 6.07) is 7.47. The molecule has 21 heavy (non-hydrogen) atoms. The number of amides is 4. The molecule has 0 unspecified atom stereocenters. The Balaban J connectivity index is 2.20. The summed E-state index contributed by atoms with van der Waals surface area (Å²) in [7, 11) is 0. The summed E-state index contributed by atoms with van der Waals surface area (Å²) in [4.78, 5) is 37.5. The summed E-state index contributed by atoms with van der Waals surface area (Å²) < 4.78 is 5.20. The molecule has 1 heterocycles. The molecule has 0 spiro atoms. The van der Waals surface area contributed by atoms with E-state index in [-0.39, 0.29) is 6.54 Å². The molecule has 0 saturated carbocycles. The Hall–Kier alpha value is -2.41. The number of hydrogen-bond donors (Lipinski definition) is 1. The third kappa shape index (κ3) is 3.79. The fraction of sp³-hybridized carbons (Fsp3) is 0.357. The molecular formula is C14H16N3O4. The lowest BCUT2D eigenvalue weighted by atomic mass is 10.3. The van der Waals surface area contributed by atoms with Crippen molar-refractivity contribution in [3.63, 3.8) is 0 Å². The summed E-state index contributed by atoms with van der Waals surface area (Å²) in [5.41, 5.74) is 0.442. The Bertz CT molecular complexity index is 500. The maximum absolute atomic E-state index is 12.5. The zero-order chi connectivity index (χ0) is 15.1.